The van der Waals surface area contributed by atoms with Crippen molar-refractivity contribution in [2.24, 2.45) is 0 Å². The van der Waals surface area contributed by atoms with Gasteiger partial charge in [0.1, 0.15) is 17.4 Å². The SMILES string of the molecule is C/C(O)=C1\C(=O)[C@@H]2Cc3c([nH]c4ccccc34)[C@@H](c3ccc(C)cc3)N2C1=O. The number of hydrogen-bond acceptors (Lipinski definition) is 3. The molecule has 140 valence electrons. The molecule has 5 rings (SSSR count). The first kappa shape index (κ1) is 16.8. The van der Waals surface area contributed by atoms with Crippen LogP contribution < -0.4 is 0 Å². The number of aromatic amines is 1. The maximum Gasteiger partial charge on any atom is 0.262 e. The summed E-state index contributed by atoms with van der Waals surface area (Å²) in [5, 5.41) is 11.1. The first-order valence-electron chi connectivity index (χ1n) is 9.40. The smallest absolute Gasteiger partial charge is 0.262 e. The third-order valence-corrected chi connectivity index (χ3v) is 5.88. The highest BCUT2D eigenvalue weighted by Crippen LogP contribution is 2.44. The summed E-state index contributed by atoms with van der Waals surface area (Å²) in [6.07, 6.45) is 0.447. The molecule has 1 fully saturated rings. The molecule has 0 bridgehead atoms. The third-order valence-electron chi connectivity index (χ3n) is 5.88. The van der Waals surface area contributed by atoms with Gasteiger partial charge in [-0.3, -0.25) is 9.59 Å². The number of Topliss-reactive ketones (excluding diaryl/α,β-unsaturated/α-hetero) is 1. The van der Waals surface area contributed by atoms with E-state index in [9.17, 15) is 14.7 Å². The van der Waals surface area contributed by atoms with Gasteiger partial charge in [0.15, 0.2) is 5.78 Å². The number of aromatic nitrogens is 1. The number of amides is 1. The average molecular weight is 372 g/mol. The number of carbonyl (C=O) groups excluding carboxylic acids is 2. The second-order valence-electron chi connectivity index (χ2n) is 7.63. The van der Waals surface area contributed by atoms with Gasteiger partial charge in [-0.1, -0.05) is 48.0 Å². The molecule has 5 nitrogen and oxygen atoms in total. The van der Waals surface area contributed by atoms with Crippen LogP contribution in [-0.2, 0) is 16.0 Å². The zero-order chi connectivity index (χ0) is 19.6. The third kappa shape index (κ3) is 2.19. The van der Waals surface area contributed by atoms with Crippen molar-refractivity contribution in [3.05, 3.63) is 82.2 Å². The van der Waals surface area contributed by atoms with Crippen LogP contribution in [0.25, 0.3) is 10.9 Å². The van der Waals surface area contributed by atoms with Gasteiger partial charge >= 0.3 is 0 Å². The lowest BCUT2D eigenvalue weighted by Crippen LogP contribution is -2.44. The Hall–Kier alpha value is -3.34. The van der Waals surface area contributed by atoms with Crippen LogP contribution in [0.4, 0.5) is 0 Å². The number of carbonyl (C=O) groups is 2. The fourth-order valence-electron chi connectivity index (χ4n) is 4.57. The Morgan fingerprint density at radius 3 is 2.54 bits per heavy atom. The van der Waals surface area contributed by atoms with Crippen LogP contribution in [0.1, 0.15) is 35.3 Å². The minimum absolute atomic E-state index is 0.0865. The van der Waals surface area contributed by atoms with Gasteiger partial charge in [0, 0.05) is 23.0 Å². The van der Waals surface area contributed by atoms with Crippen molar-refractivity contribution in [1.29, 1.82) is 0 Å². The Morgan fingerprint density at radius 1 is 1.11 bits per heavy atom. The highest BCUT2D eigenvalue weighted by Gasteiger charge is 2.51. The summed E-state index contributed by atoms with van der Waals surface area (Å²) in [6.45, 7) is 3.42. The van der Waals surface area contributed by atoms with Crippen molar-refractivity contribution < 1.29 is 14.7 Å². The van der Waals surface area contributed by atoms with Gasteiger partial charge in [-0.25, -0.2) is 0 Å². The summed E-state index contributed by atoms with van der Waals surface area (Å²) in [4.78, 5) is 31.3. The number of benzene rings is 2. The molecule has 2 aromatic carbocycles. The van der Waals surface area contributed by atoms with E-state index < -0.39 is 18.0 Å². The maximum atomic E-state index is 13.1. The largest absolute Gasteiger partial charge is 0.512 e. The zero-order valence-corrected chi connectivity index (χ0v) is 15.7. The Morgan fingerprint density at radius 2 is 1.82 bits per heavy atom. The summed E-state index contributed by atoms with van der Waals surface area (Å²) >= 11 is 0. The van der Waals surface area contributed by atoms with Crippen molar-refractivity contribution in [3.8, 4) is 0 Å². The number of fused-ring (bicyclic) bond motifs is 4. The second kappa shape index (κ2) is 5.83. The van der Waals surface area contributed by atoms with Crippen LogP contribution in [0.3, 0.4) is 0 Å². The fraction of sp³-hybridized carbons (Fsp3) is 0.217. The number of allylic oxidation sites excluding steroid dienone is 1. The quantitative estimate of drug-likeness (QED) is 0.388. The molecule has 0 radical (unpaired) electrons. The Balaban J connectivity index is 1.78. The molecule has 28 heavy (non-hydrogen) atoms. The molecule has 0 saturated carbocycles. The number of nitrogens with zero attached hydrogens (tertiary/aromatic N) is 1. The van der Waals surface area contributed by atoms with E-state index in [0.717, 1.165) is 33.3 Å². The molecular weight excluding hydrogens is 352 g/mol. The number of aliphatic hydroxyl groups excluding tert-OH is 1. The molecule has 2 aliphatic rings. The van der Waals surface area contributed by atoms with E-state index in [2.05, 4.69) is 4.98 Å². The number of aliphatic hydroxyl groups is 1. The van der Waals surface area contributed by atoms with Gasteiger partial charge in [0.05, 0.1) is 6.04 Å². The highest BCUT2D eigenvalue weighted by molar-refractivity contribution is 6.27. The van der Waals surface area contributed by atoms with E-state index in [4.69, 9.17) is 0 Å². The molecule has 1 aromatic heterocycles. The van der Waals surface area contributed by atoms with Crippen LogP contribution >= 0.6 is 0 Å². The maximum absolute atomic E-state index is 13.1. The number of rotatable bonds is 1. The lowest BCUT2D eigenvalue weighted by molar-refractivity contribution is -0.129. The van der Waals surface area contributed by atoms with Crippen LogP contribution in [0.5, 0.6) is 0 Å². The highest BCUT2D eigenvalue weighted by atomic mass is 16.3. The molecule has 1 amide bonds. The van der Waals surface area contributed by atoms with Gasteiger partial charge in [0.25, 0.3) is 5.91 Å². The standard InChI is InChI=1S/C23H20N2O3/c1-12-7-9-14(10-8-12)21-20-16(15-5-3-4-6-17(15)24-20)11-18-22(27)19(13(2)26)23(28)25(18)21/h3-10,18,21,24,26H,11H2,1-2H3/b19-13-/t18-,21+/m0/s1. The Labute approximate surface area is 162 Å². The molecule has 1 saturated heterocycles. The number of aryl methyl sites for hydroxylation is 1. The first-order valence-corrected chi connectivity index (χ1v) is 9.40. The summed E-state index contributed by atoms with van der Waals surface area (Å²) in [6, 6.07) is 15.0. The summed E-state index contributed by atoms with van der Waals surface area (Å²) < 4.78 is 0. The summed E-state index contributed by atoms with van der Waals surface area (Å²) in [5.41, 5.74) is 5.00. The molecule has 3 aromatic rings. The number of hydrogen-bond donors (Lipinski definition) is 2. The Kier molecular flexibility index (Phi) is 3.50. The van der Waals surface area contributed by atoms with E-state index in [1.54, 1.807) is 4.90 Å². The van der Waals surface area contributed by atoms with Crippen molar-refractivity contribution in [2.75, 3.05) is 0 Å². The molecule has 2 atom stereocenters. The lowest BCUT2D eigenvalue weighted by atomic mass is 9.88. The van der Waals surface area contributed by atoms with Crippen molar-refractivity contribution in [2.45, 2.75) is 32.4 Å². The van der Waals surface area contributed by atoms with E-state index in [1.807, 2.05) is 55.5 Å². The van der Waals surface area contributed by atoms with E-state index in [-0.39, 0.29) is 17.1 Å². The number of nitrogens with one attached hydrogen (secondary N) is 1. The van der Waals surface area contributed by atoms with E-state index in [1.165, 1.54) is 6.92 Å². The zero-order valence-electron chi connectivity index (χ0n) is 15.7. The van der Waals surface area contributed by atoms with Crippen LogP contribution in [0.2, 0.25) is 0 Å². The molecule has 3 heterocycles. The molecule has 5 heteroatoms. The van der Waals surface area contributed by atoms with E-state index >= 15 is 0 Å². The average Bonchev–Trinajstić information content (AvgIpc) is 3.16. The van der Waals surface area contributed by atoms with Gasteiger partial charge in [0.2, 0.25) is 0 Å². The van der Waals surface area contributed by atoms with Crippen LogP contribution in [0, 0.1) is 6.92 Å². The minimum Gasteiger partial charge on any atom is -0.512 e. The van der Waals surface area contributed by atoms with Gasteiger partial charge < -0.3 is 15.0 Å². The minimum atomic E-state index is -0.595. The molecule has 0 unspecified atom stereocenters. The second-order valence-corrected chi connectivity index (χ2v) is 7.63. The predicted molar refractivity (Wildman–Crippen MR) is 106 cm³/mol. The topological polar surface area (TPSA) is 73.4 Å². The number of para-hydroxylation sites is 1. The van der Waals surface area contributed by atoms with Gasteiger partial charge in [-0.05, 0) is 31.0 Å². The number of ketones is 1. The van der Waals surface area contributed by atoms with Gasteiger partial charge in [-0.2, -0.15) is 0 Å². The summed E-state index contributed by atoms with van der Waals surface area (Å²) in [5.74, 6) is -0.900. The molecule has 2 aliphatic heterocycles. The monoisotopic (exact) mass is 372 g/mol. The predicted octanol–water partition coefficient (Wildman–Crippen LogP) is 3.73. The van der Waals surface area contributed by atoms with E-state index in [0.29, 0.717) is 6.42 Å². The first-order chi connectivity index (χ1) is 13.5. The fourth-order valence-corrected chi connectivity index (χ4v) is 4.57. The summed E-state index contributed by atoms with van der Waals surface area (Å²) in [7, 11) is 0. The molecular formula is C23H20N2O3. The van der Waals surface area contributed by atoms with Gasteiger partial charge in [-0.15, -0.1) is 0 Å². The van der Waals surface area contributed by atoms with Crippen molar-refractivity contribution in [3.63, 3.8) is 0 Å². The normalized spacial score (nSPS) is 23.1. The number of H-pyrrole nitrogens is 1. The molecule has 2 N–H and O–H groups in total. The Bertz CT molecular complexity index is 1170. The van der Waals surface area contributed by atoms with Crippen molar-refractivity contribution in [1.82, 2.24) is 9.88 Å². The van der Waals surface area contributed by atoms with Crippen LogP contribution in [-0.4, -0.2) is 32.7 Å². The van der Waals surface area contributed by atoms with Crippen molar-refractivity contribution >= 4 is 22.6 Å². The molecule has 0 spiro atoms. The van der Waals surface area contributed by atoms with Crippen LogP contribution in [0.15, 0.2) is 59.9 Å². The lowest BCUT2D eigenvalue weighted by Gasteiger charge is -2.37. The molecule has 0 aliphatic carbocycles.